The van der Waals surface area contributed by atoms with Crippen LogP contribution >= 0.6 is 11.6 Å². The summed E-state index contributed by atoms with van der Waals surface area (Å²) in [5.74, 6) is -0.114. The number of halogens is 2. The number of carbonyl (C=O) groups excluding carboxylic acids is 1. The summed E-state index contributed by atoms with van der Waals surface area (Å²) < 4.78 is 19.0. The van der Waals surface area contributed by atoms with Gasteiger partial charge in [-0.05, 0) is 55.0 Å². The Bertz CT molecular complexity index is 1080. The highest BCUT2D eigenvalue weighted by atomic mass is 35.5. The van der Waals surface area contributed by atoms with Gasteiger partial charge in [0.05, 0.1) is 5.02 Å². The molecule has 1 amide bonds. The highest BCUT2D eigenvalue weighted by Gasteiger charge is 2.13. The van der Waals surface area contributed by atoms with Gasteiger partial charge in [-0.2, -0.15) is 5.26 Å². The molecular weight excluding hydrogens is 367 g/mol. The van der Waals surface area contributed by atoms with E-state index in [1.165, 1.54) is 24.3 Å². The fourth-order valence-electron chi connectivity index (χ4n) is 2.45. The lowest BCUT2D eigenvalue weighted by Crippen LogP contribution is -2.13. The van der Waals surface area contributed by atoms with Crippen LogP contribution in [0.25, 0.3) is 17.4 Å². The quantitative estimate of drug-likeness (QED) is 0.473. The van der Waals surface area contributed by atoms with Crippen molar-refractivity contribution < 1.29 is 13.6 Å². The van der Waals surface area contributed by atoms with Gasteiger partial charge in [0.25, 0.3) is 5.91 Å². The van der Waals surface area contributed by atoms with Crippen LogP contribution in [0.3, 0.4) is 0 Å². The summed E-state index contributed by atoms with van der Waals surface area (Å²) in [6.07, 6.45) is 1.34. The second-order valence-corrected chi connectivity index (χ2v) is 6.18. The molecule has 2 aromatic carbocycles. The first-order valence-electron chi connectivity index (χ1n) is 8.02. The second kappa shape index (κ2) is 7.90. The van der Waals surface area contributed by atoms with Crippen molar-refractivity contribution in [3.8, 4) is 17.4 Å². The molecule has 6 heteroatoms. The van der Waals surface area contributed by atoms with Crippen LogP contribution in [-0.4, -0.2) is 5.91 Å². The van der Waals surface area contributed by atoms with Crippen LogP contribution in [0.1, 0.15) is 11.3 Å². The zero-order valence-corrected chi connectivity index (χ0v) is 15.0. The number of nitrogens with zero attached hydrogens (tertiary/aromatic N) is 1. The first-order valence-corrected chi connectivity index (χ1v) is 8.40. The molecule has 0 aliphatic carbocycles. The summed E-state index contributed by atoms with van der Waals surface area (Å²) in [7, 11) is 0. The number of carbonyl (C=O) groups is 1. The maximum atomic E-state index is 13.3. The van der Waals surface area contributed by atoms with Crippen molar-refractivity contribution in [3.63, 3.8) is 0 Å². The van der Waals surface area contributed by atoms with E-state index in [4.69, 9.17) is 16.0 Å². The summed E-state index contributed by atoms with van der Waals surface area (Å²) in [5, 5.41) is 12.4. The van der Waals surface area contributed by atoms with Crippen LogP contribution in [0.2, 0.25) is 5.02 Å². The number of anilines is 1. The maximum Gasteiger partial charge on any atom is 0.266 e. The van der Waals surface area contributed by atoms with Crippen molar-refractivity contribution in [1.82, 2.24) is 0 Å². The predicted octanol–water partition coefficient (Wildman–Crippen LogP) is 5.59. The molecule has 4 nitrogen and oxygen atoms in total. The standard InChI is InChI=1S/C21H14ClFN2O2/c1-13-10-15(6-8-19(13)23)25-21(26)14(12-24)11-16-7-9-20(27-16)17-4-2-3-5-18(17)22/h2-11H,1H3,(H,25,26). The number of hydrogen-bond acceptors (Lipinski definition) is 3. The molecule has 0 aliphatic heterocycles. The molecule has 0 spiro atoms. The Morgan fingerprint density at radius 3 is 2.70 bits per heavy atom. The molecule has 3 rings (SSSR count). The van der Waals surface area contributed by atoms with Gasteiger partial charge in [0.15, 0.2) is 0 Å². The SMILES string of the molecule is Cc1cc(NC(=O)C(C#N)=Cc2ccc(-c3ccccc3Cl)o2)ccc1F. The Morgan fingerprint density at radius 1 is 1.22 bits per heavy atom. The van der Waals surface area contributed by atoms with Crippen molar-refractivity contribution in [2.24, 2.45) is 0 Å². The number of benzene rings is 2. The molecule has 1 aromatic heterocycles. The lowest BCUT2D eigenvalue weighted by molar-refractivity contribution is -0.112. The largest absolute Gasteiger partial charge is 0.457 e. The molecule has 0 aliphatic rings. The summed E-state index contributed by atoms with van der Waals surface area (Å²) in [6, 6.07) is 16.6. The molecule has 0 unspecified atom stereocenters. The average molecular weight is 381 g/mol. The second-order valence-electron chi connectivity index (χ2n) is 5.77. The maximum absolute atomic E-state index is 13.3. The minimum absolute atomic E-state index is 0.142. The molecule has 0 fully saturated rings. The molecule has 0 bridgehead atoms. The van der Waals surface area contributed by atoms with E-state index < -0.39 is 5.91 Å². The van der Waals surface area contributed by atoms with Crippen LogP contribution in [0, 0.1) is 24.1 Å². The third-order valence-electron chi connectivity index (χ3n) is 3.83. The molecule has 1 heterocycles. The normalized spacial score (nSPS) is 11.1. The van der Waals surface area contributed by atoms with Crippen LogP contribution in [0.5, 0.6) is 0 Å². The molecule has 0 atom stereocenters. The molecular formula is C21H14ClFN2O2. The smallest absolute Gasteiger partial charge is 0.266 e. The molecule has 0 saturated heterocycles. The van der Waals surface area contributed by atoms with E-state index in [0.717, 1.165) is 0 Å². The minimum atomic E-state index is -0.612. The van der Waals surface area contributed by atoms with Gasteiger partial charge in [0.1, 0.15) is 29.0 Å². The average Bonchev–Trinajstić information content (AvgIpc) is 3.11. The zero-order valence-electron chi connectivity index (χ0n) is 14.3. The number of nitriles is 1. The highest BCUT2D eigenvalue weighted by molar-refractivity contribution is 6.33. The van der Waals surface area contributed by atoms with Crippen molar-refractivity contribution in [2.75, 3.05) is 5.32 Å². The van der Waals surface area contributed by atoms with Crippen LogP contribution in [0.4, 0.5) is 10.1 Å². The zero-order chi connectivity index (χ0) is 19.4. The Balaban J connectivity index is 1.82. The number of hydrogen-bond donors (Lipinski definition) is 1. The van der Waals surface area contributed by atoms with Crippen LogP contribution in [0.15, 0.2) is 64.6 Å². The van der Waals surface area contributed by atoms with Gasteiger partial charge in [0.2, 0.25) is 0 Å². The summed E-state index contributed by atoms with van der Waals surface area (Å²) >= 11 is 6.15. The first-order chi connectivity index (χ1) is 13.0. The molecule has 0 saturated carbocycles. The molecule has 0 radical (unpaired) electrons. The van der Waals surface area contributed by atoms with E-state index in [1.54, 1.807) is 25.1 Å². The summed E-state index contributed by atoms with van der Waals surface area (Å²) in [5.41, 5.74) is 1.36. The number of aryl methyl sites for hydroxylation is 1. The molecule has 3 aromatic rings. The number of amides is 1. The van der Waals surface area contributed by atoms with Gasteiger partial charge < -0.3 is 9.73 Å². The Labute approximate surface area is 160 Å². The monoisotopic (exact) mass is 380 g/mol. The predicted molar refractivity (Wildman–Crippen MR) is 103 cm³/mol. The lowest BCUT2D eigenvalue weighted by Gasteiger charge is -2.05. The number of rotatable bonds is 4. The third kappa shape index (κ3) is 4.25. The minimum Gasteiger partial charge on any atom is -0.457 e. The fraction of sp³-hybridized carbons (Fsp3) is 0.0476. The van der Waals surface area contributed by atoms with Gasteiger partial charge in [0, 0.05) is 17.3 Å². The van der Waals surface area contributed by atoms with Crippen molar-refractivity contribution in [3.05, 3.63) is 82.3 Å². The Kier molecular flexibility index (Phi) is 5.39. The highest BCUT2D eigenvalue weighted by Crippen LogP contribution is 2.29. The van der Waals surface area contributed by atoms with Crippen molar-refractivity contribution in [2.45, 2.75) is 6.92 Å². The molecule has 1 N–H and O–H groups in total. The van der Waals surface area contributed by atoms with E-state index in [-0.39, 0.29) is 11.4 Å². The molecule has 27 heavy (non-hydrogen) atoms. The third-order valence-corrected chi connectivity index (χ3v) is 4.16. The topological polar surface area (TPSA) is 66.0 Å². The van der Waals surface area contributed by atoms with Crippen LogP contribution in [-0.2, 0) is 4.79 Å². The lowest BCUT2D eigenvalue weighted by atomic mass is 10.2. The summed E-state index contributed by atoms with van der Waals surface area (Å²) in [6.45, 7) is 1.59. The number of nitrogens with one attached hydrogen (secondary N) is 1. The van der Waals surface area contributed by atoms with E-state index in [2.05, 4.69) is 5.32 Å². The van der Waals surface area contributed by atoms with Gasteiger partial charge >= 0.3 is 0 Å². The Hall–Kier alpha value is -3.36. The van der Waals surface area contributed by atoms with E-state index in [0.29, 0.717) is 33.4 Å². The van der Waals surface area contributed by atoms with Gasteiger partial charge in [-0.1, -0.05) is 23.7 Å². The molecule has 134 valence electrons. The van der Waals surface area contributed by atoms with E-state index >= 15 is 0 Å². The first kappa shape index (κ1) is 18.4. The van der Waals surface area contributed by atoms with Gasteiger partial charge in [-0.3, -0.25) is 4.79 Å². The van der Waals surface area contributed by atoms with E-state index in [1.807, 2.05) is 24.3 Å². The fourth-order valence-corrected chi connectivity index (χ4v) is 2.68. The van der Waals surface area contributed by atoms with Gasteiger partial charge in [-0.15, -0.1) is 0 Å². The van der Waals surface area contributed by atoms with Crippen molar-refractivity contribution >= 4 is 29.3 Å². The summed E-state index contributed by atoms with van der Waals surface area (Å²) in [4.78, 5) is 12.3. The number of furan rings is 1. The van der Waals surface area contributed by atoms with E-state index in [9.17, 15) is 14.4 Å². The van der Waals surface area contributed by atoms with Crippen molar-refractivity contribution in [1.29, 1.82) is 5.26 Å². The Morgan fingerprint density at radius 2 is 2.00 bits per heavy atom. The van der Waals surface area contributed by atoms with Gasteiger partial charge in [-0.25, -0.2) is 4.39 Å². The van der Waals surface area contributed by atoms with Crippen LogP contribution < -0.4 is 5.32 Å².